The molecule has 1 heterocycles. The van der Waals surface area contributed by atoms with Crippen LogP contribution in [0.5, 0.6) is 5.75 Å². The Bertz CT molecular complexity index is 593. The van der Waals surface area contributed by atoms with Gasteiger partial charge in [-0.3, -0.25) is 4.68 Å². The summed E-state index contributed by atoms with van der Waals surface area (Å²) in [5, 5.41) is 5.05. The van der Waals surface area contributed by atoms with Crippen molar-refractivity contribution in [3.63, 3.8) is 0 Å². The number of rotatable bonds is 4. The van der Waals surface area contributed by atoms with Crippen molar-refractivity contribution in [2.75, 3.05) is 5.73 Å². The Morgan fingerprint density at radius 1 is 1.42 bits per heavy atom. The minimum absolute atomic E-state index is 0.382. The number of ether oxygens (including phenoxy) is 1. The number of nitrogen functional groups attached to an aromatic ring is 1. The lowest BCUT2D eigenvalue weighted by atomic mass is 10.2. The van der Waals surface area contributed by atoms with E-state index < -0.39 is 0 Å². The fraction of sp³-hybridized carbons (Fsp3) is 0.357. The molecular weight excluding hydrogens is 262 g/mol. The fourth-order valence-electron chi connectivity index (χ4n) is 1.89. The lowest BCUT2D eigenvalue weighted by molar-refractivity contribution is 0.293. The highest BCUT2D eigenvalue weighted by atomic mass is 35.5. The van der Waals surface area contributed by atoms with Gasteiger partial charge in [0.1, 0.15) is 12.4 Å². The Morgan fingerprint density at radius 2 is 2.16 bits per heavy atom. The van der Waals surface area contributed by atoms with Crippen molar-refractivity contribution in [1.82, 2.24) is 9.78 Å². The van der Waals surface area contributed by atoms with Gasteiger partial charge < -0.3 is 10.5 Å². The van der Waals surface area contributed by atoms with Crippen LogP contribution in [0.4, 0.5) is 5.69 Å². The lowest BCUT2D eigenvalue weighted by Gasteiger charge is -2.10. The highest BCUT2D eigenvalue weighted by Crippen LogP contribution is 2.25. The van der Waals surface area contributed by atoms with E-state index in [0.29, 0.717) is 17.3 Å². The molecule has 19 heavy (non-hydrogen) atoms. The van der Waals surface area contributed by atoms with Gasteiger partial charge in [0, 0.05) is 18.8 Å². The number of hydrogen-bond acceptors (Lipinski definition) is 3. The van der Waals surface area contributed by atoms with Crippen LogP contribution in [0.2, 0.25) is 5.02 Å². The first-order valence-electron chi connectivity index (χ1n) is 6.22. The topological polar surface area (TPSA) is 53.1 Å². The van der Waals surface area contributed by atoms with Crippen LogP contribution in [0.25, 0.3) is 0 Å². The highest BCUT2D eigenvalue weighted by molar-refractivity contribution is 6.31. The lowest BCUT2D eigenvalue weighted by Crippen LogP contribution is -2.04. The van der Waals surface area contributed by atoms with E-state index >= 15 is 0 Å². The quantitative estimate of drug-likeness (QED) is 0.875. The first-order valence-corrected chi connectivity index (χ1v) is 6.60. The number of anilines is 1. The molecule has 0 aliphatic rings. The Labute approximate surface area is 118 Å². The second-order valence-corrected chi connectivity index (χ2v) is 4.88. The Hall–Kier alpha value is -1.68. The van der Waals surface area contributed by atoms with Gasteiger partial charge in [-0.25, -0.2) is 0 Å². The average Bonchev–Trinajstić information content (AvgIpc) is 2.66. The Morgan fingerprint density at radius 3 is 2.79 bits per heavy atom. The van der Waals surface area contributed by atoms with Gasteiger partial charge in [-0.05, 0) is 25.0 Å². The van der Waals surface area contributed by atoms with E-state index in [9.17, 15) is 0 Å². The van der Waals surface area contributed by atoms with Crippen LogP contribution in [0.15, 0.2) is 18.2 Å². The van der Waals surface area contributed by atoms with Crippen molar-refractivity contribution < 1.29 is 4.74 Å². The van der Waals surface area contributed by atoms with Gasteiger partial charge in [-0.1, -0.05) is 24.6 Å². The van der Waals surface area contributed by atoms with Crippen LogP contribution in [-0.4, -0.2) is 9.78 Å². The molecule has 1 aromatic heterocycles. The minimum atomic E-state index is 0.382. The van der Waals surface area contributed by atoms with Crippen LogP contribution >= 0.6 is 11.6 Å². The van der Waals surface area contributed by atoms with E-state index in [1.54, 1.807) is 4.68 Å². The zero-order valence-corrected chi connectivity index (χ0v) is 12.2. The van der Waals surface area contributed by atoms with Gasteiger partial charge in [-0.15, -0.1) is 0 Å². The molecule has 0 aliphatic carbocycles. The molecule has 0 saturated heterocycles. The summed E-state index contributed by atoms with van der Waals surface area (Å²) in [4.78, 5) is 0. The summed E-state index contributed by atoms with van der Waals surface area (Å²) in [5.74, 6) is 0.773. The molecule has 0 unspecified atom stereocenters. The van der Waals surface area contributed by atoms with Gasteiger partial charge in [0.05, 0.1) is 16.4 Å². The second kappa shape index (κ2) is 5.53. The van der Waals surface area contributed by atoms with Gasteiger partial charge in [-0.2, -0.15) is 5.10 Å². The van der Waals surface area contributed by atoms with Gasteiger partial charge in [0.2, 0.25) is 0 Å². The van der Waals surface area contributed by atoms with Gasteiger partial charge >= 0.3 is 0 Å². The number of aromatic nitrogens is 2. The average molecular weight is 280 g/mol. The molecule has 0 bridgehead atoms. The number of aryl methyl sites for hydroxylation is 3. The largest absolute Gasteiger partial charge is 0.487 e. The van der Waals surface area contributed by atoms with Crippen molar-refractivity contribution in [1.29, 1.82) is 0 Å². The number of benzene rings is 1. The Kier molecular flexibility index (Phi) is 4.00. The maximum Gasteiger partial charge on any atom is 0.131 e. The molecule has 0 spiro atoms. The molecule has 2 rings (SSSR count). The molecule has 0 aliphatic heterocycles. The highest BCUT2D eigenvalue weighted by Gasteiger charge is 2.13. The van der Waals surface area contributed by atoms with Crippen LogP contribution in [0, 0.1) is 6.92 Å². The summed E-state index contributed by atoms with van der Waals surface area (Å²) in [6, 6.07) is 5.61. The summed E-state index contributed by atoms with van der Waals surface area (Å²) < 4.78 is 7.56. The monoisotopic (exact) mass is 279 g/mol. The van der Waals surface area contributed by atoms with E-state index in [1.807, 2.05) is 39.1 Å². The first-order chi connectivity index (χ1) is 9.02. The molecule has 0 radical (unpaired) electrons. The fourth-order valence-corrected chi connectivity index (χ4v) is 2.24. The summed E-state index contributed by atoms with van der Waals surface area (Å²) in [6.45, 7) is 4.39. The third-order valence-corrected chi connectivity index (χ3v) is 3.52. The van der Waals surface area contributed by atoms with E-state index in [1.165, 1.54) is 0 Å². The number of nitrogens with zero attached hydrogens (tertiary/aromatic N) is 2. The minimum Gasteiger partial charge on any atom is -0.487 e. The standard InChI is InChI=1S/C14H18ClN3O/c1-4-11-14(15)12(18(3)17-11)8-19-13-7-10(16)6-5-9(13)2/h5-7H,4,8,16H2,1-3H3. The third-order valence-electron chi connectivity index (χ3n) is 3.08. The number of halogens is 1. The normalized spacial score (nSPS) is 10.7. The molecule has 0 fully saturated rings. The molecule has 2 aromatic rings. The smallest absolute Gasteiger partial charge is 0.131 e. The predicted molar refractivity (Wildman–Crippen MR) is 77.5 cm³/mol. The van der Waals surface area contributed by atoms with Crippen LogP contribution in [0.3, 0.4) is 0 Å². The van der Waals surface area contributed by atoms with Gasteiger partial charge in [0.15, 0.2) is 0 Å². The van der Waals surface area contributed by atoms with Gasteiger partial charge in [0.25, 0.3) is 0 Å². The van der Waals surface area contributed by atoms with Crippen molar-refractivity contribution in [2.45, 2.75) is 26.9 Å². The van der Waals surface area contributed by atoms with Crippen LogP contribution in [0.1, 0.15) is 23.9 Å². The van der Waals surface area contributed by atoms with E-state index in [0.717, 1.165) is 29.1 Å². The van der Waals surface area contributed by atoms with E-state index in [-0.39, 0.29) is 0 Å². The van der Waals surface area contributed by atoms with Crippen molar-refractivity contribution >= 4 is 17.3 Å². The molecule has 0 atom stereocenters. The summed E-state index contributed by atoms with van der Waals surface area (Å²) in [7, 11) is 1.87. The van der Waals surface area contributed by atoms with Crippen molar-refractivity contribution in [3.05, 3.63) is 40.2 Å². The van der Waals surface area contributed by atoms with Crippen LogP contribution < -0.4 is 10.5 Å². The number of hydrogen-bond donors (Lipinski definition) is 1. The Balaban J connectivity index is 2.19. The molecule has 5 heteroatoms. The molecule has 0 amide bonds. The van der Waals surface area contributed by atoms with E-state index in [4.69, 9.17) is 22.1 Å². The SMILES string of the molecule is CCc1nn(C)c(COc2cc(N)ccc2C)c1Cl. The van der Waals surface area contributed by atoms with Crippen molar-refractivity contribution in [3.8, 4) is 5.75 Å². The zero-order valence-electron chi connectivity index (χ0n) is 11.4. The third kappa shape index (κ3) is 2.84. The summed E-state index contributed by atoms with van der Waals surface area (Å²) in [6.07, 6.45) is 0.810. The predicted octanol–water partition coefficient (Wildman–Crippen LogP) is 3.11. The van der Waals surface area contributed by atoms with Crippen molar-refractivity contribution in [2.24, 2.45) is 7.05 Å². The maximum absolute atomic E-state index is 6.28. The molecule has 4 nitrogen and oxygen atoms in total. The summed E-state index contributed by atoms with van der Waals surface area (Å²) >= 11 is 6.28. The number of nitrogens with two attached hydrogens (primary N) is 1. The molecule has 1 aromatic carbocycles. The first kappa shape index (κ1) is 13.7. The summed E-state index contributed by atoms with van der Waals surface area (Å²) in [5.41, 5.74) is 9.26. The van der Waals surface area contributed by atoms with Crippen LogP contribution in [-0.2, 0) is 20.1 Å². The molecular formula is C14H18ClN3O. The van der Waals surface area contributed by atoms with E-state index in [2.05, 4.69) is 5.10 Å². The molecule has 102 valence electrons. The molecule has 2 N–H and O–H groups in total. The second-order valence-electron chi connectivity index (χ2n) is 4.50. The maximum atomic E-state index is 6.28. The zero-order chi connectivity index (χ0) is 14.0. The molecule has 0 saturated carbocycles.